The van der Waals surface area contributed by atoms with E-state index in [1.54, 1.807) is 0 Å². The highest BCUT2D eigenvalue weighted by Crippen LogP contribution is 2.36. The quantitative estimate of drug-likeness (QED) is 0.366. The maximum absolute atomic E-state index is 8.99. The van der Waals surface area contributed by atoms with Crippen LogP contribution in [0.25, 0.3) is 32.7 Å². The second-order valence-electron chi connectivity index (χ2n) is 5.73. The van der Waals surface area contributed by atoms with Crippen LogP contribution in [0.5, 0.6) is 0 Å². The van der Waals surface area contributed by atoms with Crippen molar-refractivity contribution in [3.8, 4) is 17.2 Å². The van der Waals surface area contributed by atoms with Crippen LogP contribution in [0, 0.1) is 11.3 Å². The molecule has 0 bridgehead atoms. The lowest BCUT2D eigenvalue weighted by Gasteiger charge is -2.12. The molecule has 0 saturated carbocycles. The van der Waals surface area contributed by atoms with E-state index in [9.17, 15) is 0 Å². The minimum Gasteiger partial charge on any atom is -0.402 e. The van der Waals surface area contributed by atoms with Crippen LogP contribution in [-0.2, 0) is 0 Å². The fourth-order valence-corrected chi connectivity index (χ4v) is 3.04. The van der Waals surface area contributed by atoms with Gasteiger partial charge >= 0.3 is 7.32 Å². The standard InChI is InChI=1S/C21H13N.BH3O3/c22-14-15-9-11-16(12-10-15)21-19-7-3-1-5-17(19)13-18-6-2-4-8-20(18)21;2-1(3)4/h1-13H;2-4H. The van der Waals surface area contributed by atoms with Crippen LogP contribution in [0.15, 0.2) is 78.9 Å². The predicted octanol–water partition coefficient (Wildman–Crippen LogP) is 3.48. The average molecular weight is 341 g/mol. The summed E-state index contributed by atoms with van der Waals surface area (Å²) >= 11 is 0. The van der Waals surface area contributed by atoms with Crippen LogP contribution >= 0.6 is 0 Å². The molecule has 4 aromatic rings. The molecular formula is C21H16BNO3. The highest BCUT2D eigenvalue weighted by molar-refractivity contribution is 6.30. The molecule has 4 nitrogen and oxygen atoms in total. The van der Waals surface area contributed by atoms with E-state index < -0.39 is 7.32 Å². The molecule has 0 heterocycles. The van der Waals surface area contributed by atoms with E-state index in [4.69, 9.17) is 20.3 Å². The van der Waals surface area contributed by atoms with Crippen LogP contribution < -0.4 is 0 Å². The van der Waals surface area contributed by atoms with Gasteiger partial charge in [0, 0.05) is 0 Å². The van der Waals surface area contributed by atoms with E-state index in [-0.39, 0.29) is 0 Å². The van der Waals surface area contributed by atoms with Crippen molar-refractivity contribution in [2.24, 2.45) is 0 Å². The third-order valence-corrected chi connectivity index (χ3v) is 4.07. The molecule has 0 aliphatic rings. The van der Waals surface area contributed by atoms with Gasteiger partial charge < -0.3 is 15.1 Å². The van der Waals surface area contributed by atoms with Crippen LogP contribution in [0.1, 0.15) is 5.56 Å². The second kappa shape index (κ2) is 7.81. The fourth-order valence-electron chi connectivity index (χ4n) is 3.04. The average Bonchev–Trinajstić information content (AvgIpc) is 2.66. The van der Waals surface area contributed by atoms with Gasteiger partial charge in [-0.3, -0.25) is 0 Å². The second-order valence-corrected chi connectivity index (χ2v) is 5.73. The van der Waals surface area contributed by atoms with Crippen LogP contribution in [0.2, 0.25) is 0 Å². The van der Waals surface area contributed by atoms with Gasteiger partial charge in [-0.05, 0) is 50.9 Å². The third kappa shape index (κ3) is 3.74. The van der Waals surface area contributed by atoms with E-state index in [2.05, 4.69) is 60.7 Å². The largest absolute Gasteiger partial charge is 0.631 e. The summed E-state index contributed by atoms with van der Waals surface area (Å²) in [6.45, 7) is 0. The number of fused-ring (bicyclic) bond motifs is 2. The number of nitrogens with zero attached hydrogens (tertiary/aromatic N) is 1. The Balaban J connectivity index is 0.000000447. The first-order valence-corrected chi connectivity index (χ1v) is 8.05. The van der Waals surface area contributed by atoms with Crippen LogP contribution in [0.4, 0.5) is 0 Å². The molecular weight excluding hydrogens is 325 g/mol. The molecule has 126 valence electrons. The zero-order valence-corrected chi connectivity index (χ0v) is 13.9. The molecule has 4 aromatic carbocycles. The van der Waals surface area contributed by atoms with Crippen LogP contribution in [-0.4, -0.2) is 22.4 Å². The van der Waals surface area contributed by atoms with Crippen molar-refractivity contribution in [1.82, 2.24) is 0 Å². The van der Waals surface area contributed by atoms with Gasteiger partial charge in [-0.2, -0.15) is 5.26 Å². The van der Waals surface area contributed by atoms with Gasteiger partial charge in [0.2, 0.25) is 0 Å². The number of rotatable bonds is 1. The number of hydrogen-bond acceptors (Lipinski definition) is 4. The smallest absolute Gasteiger partial charge is 0.402 e. The molecule has 0 unspecified atom stereocenters. The third-order valence-electron chi connectivity index (χ3n) is 4.07. The van der Waals surface area contributed by atoms with Gasteiger partial charge in [0.1, 0.15) is 0 Å². The molecule has 26 heavy (non-hydrogen) atoms. The van der Waals surface area contributed by atoms with Gasteiger partial charge in [-0.25, -0.2) is 0 Å². The minimum absolute atomic E-state index is 0.688. The van der Waals surface area contributed by atoms with E-state index in [0.717, 1.165) is 5.56 Å². The molecule has 0 radical (unpaired) electrons. The molecule has 4 rings (SSSR count). The molecule has 5 heteroatoms. The van der Waals surface area contributed by atoms with Crippen molar-refractivity contribution in [3.63, 3.8) is 0 Å². The van der Waals surface area contributed by atoms with Gasteiger partial charge in [-0.15, -0.1) is 0 Å². The lowest BCUT2D eigenvalue weighted by Crippen LogP contribution is -2.07. The van der Waals surface area contributed by atoms with Crippen molar-refractivity contribution in [3.05, 3.63) is 84.4 Å². The Hall–Kier alpha value is -3.17. The van der Waals surface area contributed by atoms with Crippen LogP contribution in [0.3, 0.4) is 0 Å². The normalized spacial score (nSPS) is 10.1. The van der Waals surface area contributed by atoms with Gasteiger partial charge in [-0.1, -0.05) is 60.7 Å². The van der Waals surface area contributed by atoms with Crippen molar-refractivity contribution < 1.29 is 15.1 Å². The first kappa shape index (κ1) is 17.7. The summed E-state index contributed by atoms with van der Waals surface area (Å²) in [5.74, 6) is 0. The molecule has 0 atom stereocenters. The zero-order valence-electron chi connectivity index (χ0n) is 13.9. The van der Waals surface area contributed by atoms with Crippen molar-refractivity contribution >= 4 is 28.9 Å². The molecule has 3 N–H and O–H groups in total. The fraction of sp³-hybridized carbons (Fsp3) is 0. The number of hydrogen-bond donors (Lipinski definition) is 3. The van der Waals surface area contributed by atoms with E-state index in [0.29, 0.717) is 5.56 Å². The Morgan fingerprint density at radius 2 is 1.15 bits per heavy atom. The molecule has 0 aliphatic heterocycles. The predicted molar refractivity (Wildman–Crippen MR) is 104 cm³/mol. The maximum atomic E-state index is 8.99. The molecule has 0 aliphatic carbocycles. The first-order chi connectivity index (χ1) is 12.6. The lowest BCUT2D eigenvalue weighted by atomic mass is 9.92. The molecule has 0 aromatic heterocycles. The summed E-state index contributed by atoms with van der Waals surface area (Å²) in [4.78, 5) is 0. The van der Waals surface area contributed by atoms with E-state index in [1.165, 1.54) is 27.1 Å². The SMILES string of the molecule is N#Cc1ccc(-c2c3ccccc3cc3ccccc23)cc1.OB(O)O. The van der Waals surface area contributed by atoms with Gasteiger partial charge in [0.15, 0.2) is 0 Å². The topological polar surface area (TPSA) is 84.5 Å². The molecule has 0 fully saturated rings. The Morgan fingerprint density at radius 1 is 0.692 bits per heavy atom. The Labute approximate surface area is 151 Å². The van der Waals surface area contributed by atoms with Gasteiger partial charge in [0.25, 0.3) is 0 Å². The number of nitriles is 1. The van der Waals surface area contributed by atoms with E-state index >= 15 is 0 Å². The molecule has 0 amide bonds. The summed E-state index contributed by atoms with van der Waals surface area (Å²) < 4.78 is 0. The maximum Gasteiger partial charge on any atom is 0.631 e. The summed E-state index contributed by atoms with van der Waals surface area (Å²) in [5, 5.41) is 35.4. The van der Waals surface area contributed by atoms with Gasteiger partial charge in [0.05, 0.1) is 11.6 Å². The lowest BCUT2D eigenvalue weighted by molar-refractivity contribution is 0.278. The Bertz CT molecular complexity index is 1030. The summed E-state index contributed by atoms with van der Waals surface area (Å²) in [6, 6.07) is 29.1. The number of benzene rings is 4. The highest BCUT2D eigenvalue weighted by Gasteiger charge is 2.09. The highest BCUT2D eigenvalue weighted by atomic mass is 16.5. The molecule has 0 saturated heterocycles. The Morgan fingerprint density at radius 3 is 1.62 bits per heavy atom. The monoisotopic (exact) mass is 341 g/mol. The molecule has 0 spiro atoms. The first-order valence-electron chi connectivity index (χ1n) is 8.05. The van der Waals surface area contributed by atoms with Crippen molar-refractivity contribution in [1.29, 1.82) is 5.26 Å². The van der Waals surface area contributed by atoms with E-state index in [1.807, 2.05) is 24.3 Å². The summed E-state index contributed by atoms with van der Waals surface area (Å²) in [6.07, 6.45) is 0. The minimum atomic E-state index is -2.17. The summed E-state index contributed by atoms with van der Waals surface area (Å²) in [5.41, 5.74) is 3.07. The van der Waals surface area contributed by atoms with Crippen molar-refractivity contribution in [2.75, 3.05) is 0 Å². The Kier molecular flexibility index (Phi) is 5.30. The van der Waals surface area contributed by atoms with Crippen molar-refractivity contribution in [2.45, 2.75) is 0 Å². The zero-order chi connectivity index (χ0) is 18.5. The summed E-state index contributed by atoms with van der Waals surface area (Å²) in [7, 11) is -2.17.